The van der Waals surface area contributed by atoms with E-state index < -0.39 is 59.9 Å². The van der Waals surface area contributed by atoms with Crippen LogP contribution in [0.1, 0.15) is 111 Å². The average Bonchev–Trinajstić information content (AvgIpc) is 3.01. The third kappa shape index (κ3) is 13.9. The highest BCUT2D eigenvalue weighted by Gasteiger charge is 2.37. The van der Waals surface area contributed by atoms with E-state index in [1.54, 1.807) is 20.8 Å². The zero-order valence-corrected chi connectivity index (χ0v) is 28.0. The Balaban J connectivity index is 2.19. The summed E-state index contributed by atoms with van der Waals surface area (Å²) in [5.74, 6) is -3.54. The number of ether oxygens (including phenoxy) is 2. The average molecular weight is 632 g/mol. The van der Waals surface area contributed by atoms with E-state index in [2.05, 4.69) is 22.9 Å². The van der Waals surface area contributed by atoms with Crippen molar-refractivity contribution in [2.75, 3.05) is 6.61 Å². The van der Waals surface area contributed by atoms with E-state index in [9.17, 15) is 24.3 Å². The van der Waals surface area contributed by atoms with Crippen LogP contribution < -0.4 is 16.0 Å². The lowest BCUT2D eigenvalue weighted by molar-refractivity contribution is -0.159. The molecule has 1 fully saturated rings. The lowest BCUT2D eigenvalue weighted by Gasteiger charge is -2.28. The molecule has 254 valence electrons. The molecule has 0 radical (unpaired) electrons. The minimum atomic E-state index is -1.36. The van der Waals surface area contributed by atoms with Gasteiger partial charge < -0.3 is 30.5 Å². The van der Waals surface area contributed by atoms with Crippen LogP contribution in [0.4, 0.5) is 0 Å². The molecule has 10 nitrogen and oxygen atoms in total. The summed E-state index contributed by atoms with van der Waals surface area (Å²) in [6, 6.07) is 5.87. The van der Waals surface area contributed by atoms with Gasteiger partial charge in [0.2, 0.25) is 17.7 Å². The van der Waals surface area contributed by atoms with Gasteiger partial charge in [-0.05, 0) is 31.2 Å². The van der Waals surface area contributed by atoms with Crippen LogP contribution in [-0.4, -0.2) is 65.7 Å². The SMILES string of the molecule is CCCCCCCCCCCC[C@@H]1OC(=O)[C@H](COCc2ccccc2)NC(=O)[C@@H](C(C)O)NC(=O)[C@H](C(C)C)NC(=O)[C@@H]1C. The smallest absolute Gasteiger partial charge is 0.331 e. The molecule has 6 atom stereocenters. The molecule has 2 rings (SSSR count). The second-order valence-electron chi connectivity index (χ2n) is 12.8. The highest BCUT2D eigenvalue weighted by atomic mass is 16.5. The molecule has 0 spiro atoms. The summed E-state index contributed by atoms with van der Waals surface area (Å²) < 4.78 is 11.7. The van der Waals surface area contributed by atoms with Gasteiger partial charge in [0.1, 0.15) is 18.2 Å². The van der Waals surface area contributed by atoms with Gasteiger partial charge in [-0.1, -0.05) is 116 Å². The fraction of sp³-hybridized carbons (Fsp3) is 0.714. The number of carbonyl (C=O) groups is 4. The Labute approximate surface area is 269 Å². The molecule has 10 heteroatoms. The molecule has 0 aromatic heterocycles. The first kappa shape index (κ1) is 38.2. The second-order valence-corrected chi connectivity index (χ2v) is 12.8. The summed E-state index contributed by atoms with van der Waals surface area (Å²) in [6.45, 7) is 8.85. The Morgan fingerprint density at radius 2 is 1.33 bits per heavy atom. The summed E-state index contributed by atoms with van der Waals surface area (Å²) in [5.41, 5.74) is 0.889. The first-order valence-electron chi connectivity index (χ1n) is 17.0. The topological polar surface area (TPSA) is 143 Å². The van der Waals surface area contributed by atoms with Crippen molar-refractivity contribution in [3.8, 4) is 0 Å². The van der Waals surface area contributed by atoms with Crippen LogP contribution in [0.2, 0.25) is 0 Å². The van der Waals surface area contributed by atoms with E-state index in [4.69, 9.17) is 9.47 Å². The van der Waals surface area contributed by atoms with Crippen LogP contribution in [0.25, 0.3) is 0 Å². The van der Waals surface area contributed by atoms with E-state index >= 15 is 0 Å². The number of unbranched alkanes of at least 4 members (excludes halogenated alkanes) is 9. The van der Waals surface area contributed by atoms with Gasteiger partial charge in [-0.2, -0.15) is 0 Å². The number of cyclic esters (lactones) is 1. The van der Waals surface area contributed by atoms with E-state index in [1.165, 1.54) is 45.4 Å². The molecule has 1 aliphatic rings. The number of hydrogen-bond acceptors (Lipinski definition) is 7. The number of rotatable bonds is 17. The van der Waals surface area contributed by atoms with Crippen LogP contribution in [0.3, 0.4) is 0 Å². The van der Waals surface area contributed by atoms with Crippen molar-refractivity contribution in [1.82, 2.24) is 16.0 Å². The highest BCUT2D eigenvalue weighted by Crippen LogP contribution is 2.20. The van der Waals surface area contributed by atoms with Crippen LogP contribution in [0, 0.1) is 11.8 Å². The van der Waals surface area contributed by atoms with Crippen molar-refractivity contribution in [3.63, 3.8) is 0 Å². The molecule has 1 aromatic carbocycles. The van der Waals surface area contributed by atoms with Crippen molar-refractivity contribution < 1.29 is 33.8 Å². The van der Waals surface area contributed by atoms with Gasteiger partial charge in [-0.15, -0.1) is 0 Å². The fourth-order valence-electron chi connectivity index (χ4n) is 5.41. The van der Waals surface area contributed by atoms with Gasteiger partial charge in [0, 0.05) is 0 Å². The Kier molecular flexibility index (Phi) is 17.8. The lowest BCUT2D eigenvalue weighted by atomic mass is 9.95. The number of nitrogens with one attached hydrogen (secondary N) is 3. The van der Waals surface area contributed by atoms with E-state index in [0.717, 1.165) is 31.2 Å². The van der Waals surface area contributed by atoms with E-state index in [1.807, 2.05) is 30.3 Å². The Morgan fingerprint density at radius 1 is 0.778 bits per heavy atom. The molecule has 1 saturated heterocycles. The van der Waals surface area contributed by atoms with E-state index in [0.29, 0.717) is 6.42 Å². The fourth-order valence-corrected chi connectivity index (χ4v) is 5.41. The van der Waals surface area contributed by atoms with Crippen molar-refractivity contribution in [2.24, 2.45) is 11.8 Å². The number of amides is 3. The summed E-state index contributed by atoms with van der Waals surface area (Å²) in [5, 5.41) is 18.4. The molecule has 0 aliphatic carbocycles. The third-order valence-electron chi connectivity index (χ3n) is 8.39. The predicted octanol–water partition coefficient (Wildman–Crippen LogP) is 4.57. The Hall–Kier alpha value is -2.98. The Bertz CT molecular complexity index is 1030. The molecule has 3 amide bonds. The number of aliphatic hydroxyl groups is 1. The summed E-state index contributed by atoms with van der Waals surface area (Å²) in [4.78, 5) is 53.6. The van der Waals surface area contributed by atoms with Gasteiger partial charge in [0.15, 0.2) is 6.04 Å². The maximum Gasteiger partial charge on any atom is 0.331 e. The second kappa shape index (κ2) is 20.9. The van der Waals surface area contributed by atoms with Gasteiger partial charge in [-0.25, -0.2) is 4.79 Å². The minimum absolute atomic E-state index is 0.194. The van der Waals surface area contributed by atoms with Gasteiger partial charge in [0.25, 0.3) is 0 Å². The highest BCUT2D eigenvalue weighted by molar-refractivity contribution is 5.94. The van der Waals surface area contributed by atoms with Gasteiger partial charge >= 0.3 is 5.97 Å². The summed E-state index contributed by atoms with van der Waals surface area (Å²) in [7, 11) is 0. The van der Waals surface area contributed by atoms with Gasteiger partial charge in [0.05, 0.1) is 25.2 Å². The molecule has 1 unspecified atom stereocenters. The Morgan fingerprint density at radius 3 is 1.91 bits per heavy atom. The van der Waals surface area contributed by atoms with Crippen LogP contribution in [0.5, 0.6) is 0 Å². The van der Waals surface area contributed by atoms with Crippen LogP contribution >= 0.6 is 0 Å². The monoisotopic (exact) mass is 631 g/mol. The van der Waals surface area contributed by atoms with Gasteiger partial charge in [-0.3, -0.25) is 14.4 Å². The van der Waals surface area contributed by atoms with Crippen molar-refractivity contribution >= 4 is 23.7 Å². The first-order valence-corrected chi connectivity index (χ1v) is 17.0. The number of carbonyl (C=O) groups excluding carboxylic acids is 4. The largest absolute Gasteiger partial charge is 0.460 e. The number of benzene rings is 1. The number of aliphatic hydroxyl groups excluding tert-OH is 1. The van der Waals surface area contributed by atoms with Crippen molar-refractivity contribution in [2.45, 2.75) is 142 Å². The van der Waals surface area contributed by atoms with E-state index in [-0.39, 0.29) is 19.1 Å². The quantitative estimate of drug-likeness (QED) is 0.146. The molecule has 4 N–H and O–H groups in total. The third-order valence-corrected chi connectivity index (χ3v) is 8.39. The van der Waals surface area contributed by atoms with Crippen LogP contribution in [0.15, 0.2) is 30.3 Å². The van der Waals surface area contributed by atoms with Crippen molar-refractivity contribution in [1.29, 1.82) is 0 Å². The maximum atomic E-state index is 13.6. The molecular formula is C35H57N3O7. The molecule has 0 saturated carbocycles. The normalized spacial score (nSPS) is 24.0. The number of hydrogen-bond donors (Lipinski definition) is 4. The lowest BCUT2D eigenvalue weighted by Crippen LogP contribution is -2.60. The number of esters is 1. The standard InChI is InChI=1S/C35H57N3O7/c1-6-7-8-9-10-11-12-13-14-18-21-29-25(4)32(40)37-30(24(2)3)33(41)38-31(26(5)39)34(42)36-28(35(43)45-29)23-44-22-27-19-16-15-17-20-27/h15-17,19-20,24-26,28-31,39H,6-14,18,21-23H2,1-5H3,(H,36,42)(H,37,40)(H,38,41)/t25-,26?,28+,29+,30+,31-/m1/s1. The molecule has 45 heavy (non-hydrogen) atoms. The zero-order chi connectivity index (χ0) is 33.2. The zero-order valence-electron chi connectivity index (χ0n) is 28.0. The minimum Gasteiger partial charge on any atom is -0.460 e. The first-order chi connectivity index (χ1) is 21.5. The summed E-state index contributed by atoms with van der Waals surface area (Å²) >= 11 is 0. The molecular weight excluding hydrogens is 574 g/mol. The predicted molar refractivity (Wildman–Crippen MR) is 174 cm³/mol. The molecule has 1 aliphatic heterocycles. The molecule has 1 aromatic rings. The van der Waals surface area contributed by atoms with Crippen LogP contribution in [-0.2, 0) is 35.3 Å². The summed E-state index contributed by atoms with van der Waals surface area (Å²) in [6.07, 6.45) is 9.92. The molecule has 0 bridgehead atoms. The van der Waals surface area contributed by atoms with Crippen molar-refractivity contribution in [3.05, 3.63) is 35.9 Å². The molecule has 1 heterocycles. The maximum absolute atomic E-state index is 13.6.